The average Bonchev–Trinajstić information content (AvgIpc) is 3.25. The highest BCUT2D eigenvalue weighted by Crippen LogP contribution is 2.26. The van der Waals surface area contributed by atoms with Gasteiger partial charge in [-0.05, 0) is 31.9 Å². The van der Waals surface area contributed by atoms with Crippen molar-refractivity contribution in [3.05, 3.63) is 41.2 Å². The smallest absolute Gasteiger partial charge is 0.257 e. The van der Waals surface area contributed by atoms with Gasteiger partial charge in [-0.1, -0.05) is 17.3 Å². The average molecular weight is 409 g/mol. The van der Waals surface area contributed by atoms with Crippen LogP contribution in [0.2, 0.25) is 0 Å². The van der Waals surface area contributed by atoms with Gasteiger partial charge < -0.3 is 14.3 Å². The molecule has 2 aliphatic rings. The molecule has 0 spiro atoms. The molecule has 1 aromatic carbocycles. The molecule has 0 unspecified atom stereocenters. The minimum absolute atomic E-state index is 0.140. The van der Waals surface area contributed by atoms with Gasteiger partial charge >= 0.3 is 0 Å². The zero-order valence-corrected chi connectivity index (χ0v) is 17.7. The molecule has 0 N–H and O–H groups in total. The minimum atomic E-state index is 0.140. The first-order chi connectivity index (χ1) is 14.6. The number of aryl methyl sites for hydroxylation is 2. The fourth-order valence-electron chi connectivity index (χ4n) is 4.73. The van der Waals surface area contributed by atoms with E-state index in [9.17, 15) is 4.79 Å². The van der Waals surface area contributed by atoms with Crippen molar-refractivity contribution < 1.29 is 9.32 Å². The van der Waals surface area contributed by atoms with Crippen LogP contribution in [0.25, 0.3) is 11.0 Å². The fraction of sp³-hybridized carbons (Fsp3) is 0.500. The van der Waals surface area contributed by atoms with Crippen molar-refractivity contribution in [1.29, 1.82) is 0 Å². The summed E-state index contributed by atoms with van der Waals surface area (Å²) in [6, 6.07) is 8.00. The maximum absolute atomic E-state index is 13.1. The van der Waals surface area contributed by atoms with E-state index in [1.54, 1.807) is 0 Å². The lowest BCUT2D eigenvalue weighted by Crippen LogP contribution is -2.49. The summed E-state index contributed by atoms with van der Waals surface area (Å²) >= 11 is 0. The summed E-state index contributed by atoms with van der Waals surface area (Å²) in [5.41, 5.74) is 3.57. The van der Waals surface area contributed by atoms with Crippen molar-refractivity contribution >= 4 is 22.7 Å². The van der Waals surface area contributed by atoms with Gasteiger partial charge in [0.2, 0.25) is 0 Å². The van der Waals surface area contributed by atoms with E-state index >= 15 is 0 Å². The number of hydrogen-bond donors (Lipinski definition) is 0. The van der Waals surface area contributed by atoms with E-state index < -0.39 is 0 Å². The third-order valence-electron chi connectivity index (χ3n) is 6.40. The highest BCUT2D eigenvalue weighted by atomic mass is 16.5. The Balaban J connectivity index is 1.19. The van der Waals surface area contributed by atoms with Crippen LogP contribution in [0, 0.1) is 6.92 Å². The van der Waals surface area contributed by atoms with Crippen LogP contribution in [0.5, 0.6) is 0 Å². The Morgan fingerprint density at radius 1 is 1.07 bits per heavy atom. The molecule has 0 bridgehead atoms. The summed E-state index contributed by atoms with van der Waals surface area (Å²) in [6.45, 7) is 8.16. The molecule has 1 saturated heterocycles. The van der Waals surface area contributed by atoms with E-state index in [0.29, 0.717) is 0 Å². The van der Waals surface area contributed by atoms with E-state index in [1.807, 2.05) is 41.8 Å². The Labute approximate surface area is 176 Å². The number of para-hydroxylation sites is 1. The van der Waals surface area contributed by atoms with Gasteiger partial charge in [0.15, 0.2) is 11.4 Å². The van der Waals surface area contributed by atoms with Gasteiger partial charge in [0.1, 0.15) is 0 Å². The van der Waals surface area contributed by atoms with Crippen LogP contribution >= 0.6 is 0 Å². The second-order valence-corrected chi connectivity index (χ2v) is 8.26. The molecule has 1 fully saturated rings. The molecule has 5 rings (SSSR count). The number of carbonyl (C=O) groups excluding carboxylic acids is 1. The Morgan fingerprint density at radius 3 is 2.70 bits per heavy atom. The third-order valence-corrected chi connectivity index (χ3v) is 6.40. The number of aromatic nitrogens is 3. The minimum Gasteiger partial charge on any atom is -0.354 e. The normalized spacial score (nSPS) is 18.1. The topological polar surface area (TPSA) is 70.6 Å². The molecule has 0 saturated carbocycles. The third kappa shape index (κ3) is 3.35. The van der Waals surface area contributed by atoms with Crippen molar-refractivity contribution in [2.75, 3.05) is 50.7 Å². The molecular formula is C22H28N6O2. The van der Waals surface area contributed by atoms with Gasteiger partial charge in [0, 0.05) is 52.9 Å². The van der Waals surface area contributed by atoms with Crippen LogP contribution in [0.1, 0.15) is 28.2 Å². The van der Waals surface area contributed by atoms with E-state index in [2.05, 4.69) is 26.1 Å². The molecule has 8 nitrogen and oxygen atoms in total. The van der Waals surface area contributed by atoms with Crippen LogP contribution in [-0.4, -0.2) is 76.5 Å². The molecule has 2 aromatic heterocycles. The second kappa shape index (κ2) is 7.75. The van der Waals surface area contributed by atoms with Crippen LogP contribution < -0.4 is 4.90 Å². The second-order valence-electron chi connectivity index (χ2n) is 8.26. The number of piperazine rings is 1. The quantitative estimate of drug-likeness (QED) is 0.658. The summed E-state index contributed by atoms with van der Waals surface area (Å²) in [5, 5.41) is 9.82. The van der Waals surface area contributed by atoms with Crippen molar-refractivity contribution in [3.8, 4) is 0 Å². The van der Waals surface area contributed by atoms with E-state index in [-0.39, 0.29) is 5.91 Å². The van der Waals surface area contributed by atoms with Gasteiger partial charge in [0.05, 0.1) is 22.3 Å². The Kier molecular flexibility index (Phi) is 4.94. The molecule has 8 heteroatoms. The number of nitrogens with zero attached hydrogens (tertiary/aromatic N) is 6. The first kappa shape index (κ1) is 19.1. The molecule has 30 heavy (non-hydrogen) atoms. The number of fused-ring (bicyclic) bond motifs is 2. The predicted octanol–water partition coefficient (Wildman–Crippen LogP) is 2.08. The number of benzene rings is 1. The lowest BCUT2D eigenvalue weighted by Gasteiger charge is -2.35. The van der Waals surface area contributed by atoms with Crippen molar-refractivity contribution in [2.24, 2.45) is 7.05 Å². The Hall–Kier alpha value is -2.87. The Morgan fingerprint density at radius 2 is 1.87 bits per heavy atom. The molecule has 158 valence electrons. The summed E-state index contributed by atoms with van der Waals surface area (Å²) < 4.78 is 7.34. The van der Waals surface area contributed by atoms with Gasteiger partial charge in [-0.3, -0.25) is 14.4 Å². The maximum Gasteiger partial charge on any atom is 0.257 e. The fourth-order valence-corrected chi connectivity index (χ4v) is 4.73. The molecule has 0 atom stereocenters. The monoisotopic (exact) mass is 408 g/mol. The molecule has 0 aliphatic carbocycles. The van der Waals surface area contributed by atoms with Crippen molar-refractivity contribution in [3.63, 3.8) is 0 Å². The van der Waals surface area contributed by atoms with E-state index in [1.165, 1.54) is 0 Å². The summed E-state index contributed by atoms with van der Waals surface area (Å²) in [6.07, 6.45) is 1.91. The lowest BCUT2D eigenvalue weighted by molar-refractivity contribution is 0.0738. The van der Waals surface area contributed by atoms with Crippen LogP contribution in [0.3, 0.4) is 0 Å². The first-order valence-electron chi connectivity index (χ1n) is 10.8. The lowest BCUT2D eigenvalue weighted by atomic mass is 10.1. The van der Waals surface area contributed by atoms with E-state index in [4.69, 9.17) is 4.52 Å². The highest BCUT2D eigenvalue weighted by molar-refractivity contribution is 5.96. The zero-order valence-electron chi connectivity index (χ0n) is 17.7. The Bertz CT molecular complexity index is 1060. The number of carbonyl (C=O) groups is 1. The molecule has 2 aliphatic heterocycles. The first-order valence-corrected chi connectivity index (χ1v) is 10.8. The molecular weight excluding hydrogens is 380 g/mol. The van der Waals surface area contributed by atoms with Gasteiger partial charge in [-0.25, -0.2) is 0 Å². The predicted molar refractivity (Wildman–Crippen MR) is 115 cm³/mol. The maximum atomic E-state index is 13.1. The van der Waals surface area contributed by atoms with Gasteiger partial charge in [-0.15, -0.1) is 0 Å². The summed E-state index contributed by atoms with van der Waals surface area (Å²) in [4.78, 5) is 19.8. The number of hydrogen-bond acceptors (Lipinski definition) is 6. The summed E-state index contributed by atoms with van der Waals surface area (Å²) in [7, 11) is 1.94. The molecule has 1 amide bonds. The van der Waals surface area contributed by atoms with Crippen LogP contribution in [-0.2, 0) is 13.5 Å². The van der Waals surface area contributed by atoms with Crippen LogP contribution in [0.4, 0.5) is 5.82 Å². The highest BCUT2D eigenvalue weighted by Gasteiger charge is 2.28. The number of rotatable bonds is 4. The van der Waals surface area contributed by atoms with Crippen molar-refractivity contribution in [1.82, 2.24) is 24.7 Å². The standard InChI is InChI=1S/C22H28N6O2/c1-16-20-18(25(2)23-16)7-5-9-28(22(20)29)15-12-26-10-13-27(14-11-26)21-17-6-3-4-8-19(17)30-24-21/h3-4,6,8H,5,7,9-15H2,1-2H3. The number of amides is 1. The SMILES string of the molecule is Cc1nn(C)c2c1C(=O)N(CCN1CCN(c3noc4ccccc34)CC1)CCC2. The van der Waals surface area contributed by atoms with Gasteiger partial charge in [0.25, 0.3) is 5.91 Å². The van der Waals surface area contributed by atoms with E-state index in [0.717, 1.165) is 92.4 Å². The molecule has 4 heterocycles. The zero-order chi connectivity index (χ0) is 20.7. The van der Waals surface area contributed by atoms with Crippen molar-refractivity contribution in [2.45, 2.75) is 19.8 Å². The molecule has 3 aromatic rings. The van der Waals surface area contributed by atoms with Gasteiger partial charge in [-0.2, -0.15) is 5.10 Å². The van der Waals surface area contributed by atoms with Crippen LogP contribution in [0.15, 0.2) is 28.8 Å². The number of anilines is 1. The molecule has 0 radical (unpaired) electrons. The largest absolute Gasteiger partial charge is 0.354 e. The summed E-state index contributed by atoms with van der Waals surface area (Å²) in [5.74, 6) is 1.08.